The second-order valence-electron chi connectivity index (χ2n) is 7.52. The maximum atomic E-state index is 13.2. The molecule has 2 aromatic carbocycles. The highest BCUT2D eigenvalue weighted by Crippen LogP contribution is 2.44. The molecule has 1 aliphatic heterocycles. The van der Waals surface area contributed by atoms with Crippen molar-refractivity contribution in [2.45, 2.75) is 26.3 Å². The molecular weight excluding hydrogens is 456 g/mol. The molecule has 0 aliphatic carbocycles. The minimum atomic E-state index is -0.957. The molecule has 9 heteroatoms. The zero-order valence-corrected chi connectivity index (χ0v) is 19.5. The highest BCUT2D eigenvalue weighted by molar-refractivity contribution is 7.14. The van der Waals surface area contributed by atoms with Crippen molar-refractivity contribution in [3.8, 4) is 17.2 Å². The van der Waals surface area contributed by atoms with E-state index in [0.717, 1.165) is 6.42 Å². The highest BCUT2D eigenvalue weighted by Gasteiger charge is 2.48. The van der Waals surface area contributed by atoms with E-state index < -0.39 is 17.7 Å². The summed E-state index contributed by atoms with van der Waals surface area (Å²) in [5, 5.41) is 23.4. The lowest BCUT2D eigenvalue weighted by Crippen LogP contribution is -2.29. The number of benzene rings is 2. The SMILES string of the molecule is CCCOc1ccc(C(O)=C2C(=O)C(=O)N(c3nccs3)C2c2ccc(O)c(OCC)c2)cc1. The van der Waals surface area contributed by atoms with Crippen LogP contribution in [0.3, 0.4) is 0 Å². The molecule has 1 amide bonds. The molecule has 2 N–H and O–H groups in total. The van der Waals surface area contributed by atoms with E-state index in [9.17, 15) is 19.8 Å². The number of nitrogens with zero attached hydrogens (tertiary/aromatic N) is 2. The third kappa shape index (κ3) is 4.34. The van der Waals surface area contributed by atoms with Gasteiger partial charge in [0.15, 0.2) is 16.6 Å². The predicted octanol–water partition coefficient (Wildman–Crippen LogP) is 4.66. The molecule has 0 spiro atoms. The number of phenolic OH excluding ortho intramolecular Hbond substituents is 1. The fourth-order valence-corrected chi connectivity index (χ4v) is 4.40. The summed E-state index contributed by atoms with van der Waals surface area (Å²) in [4.78, 5) is 31.7. The van der Waals surface area contributed by atoms with Crippen LogP contribution in [0.4, 0.5) is 5.13 Å². The van der Waals surface area contributed by atoms with Crippen molar-refractivity contribution >= 4 is 33.9 Å². The maximum absolute atomic E-state index is 13.2. The Morgan fingerprint density at radius 3 is 2.53 bits per heavy atom. The van der Waals surface area contributed by atoms with Crippen LogP contribution in [0.5, 0.6) is 17.2 Å². The molecule has 0 radical (unpaired) electrons. The van der Waals surface area contributed by atoms with Crippen LogP contribution < -0.4 is 14.4 Å². The second-order valence-corrected chi connectivity index (χ2v) is 8.39. The fraction of sp³-hybridized carbons (Fsp3) is 0.240. The van der Waals surface area contributed by atoms with E-state index in [4.69, 9.17) is 9.47 Å². The predicted molar refractivity (Wildman–Crippen MR) is 128 cm³/mol. The van der Waals surface area contributed by atoms with Gasteiger partial charge in [-0.3, -0.25) is 14.5 Å². The summed E-state index contributed by atoms with van der Waals surface area (Å²) in [6.07, 6.45) is 2.39. The molecule has 0 bridgehead atoms. The van der Waals surface area contributed by atoms with Gasteiger partial charge in [-0.25, -0.2) is 4.98 Å². The normalized spacial score (nSPS) is 17.2. The fourth-order valence-electron chi connectivity index (χ4n) is 3.74. The molecule has 1 atom stereocenters. The Balaban J connectivity index is 1.85. The van der Waals surface area contributed by atoms with Gasteiger partial charge in [-0.15, -0.1) is 11.3 Å². The number of hydrogen-bond donors (Lipinski definition) is 2. The summed E-state index contributed by atoms with van der Waals surface area (Å²) in [7, 11) is 0. The van der Waals surface area contributed by atoms with Crippen LogP contribution in [0, 0.1) is 0 Å². The number of amides is 1. The van der Waals surface area contributed by atoms with Gasteiger partial charge < -0.3 is 19.7 Å². The number of anilines is 1. The number of ketones is 1. The van der Waals surface area contributed by atoms with E-state index in [1.807, 2.05) is 6.92 Å². The summed E-state index contributed by atoms with van der Waals surface area (Å²) < 4.78 is 11.1. The molecule has 176 valence electrons. The van der Waals surface area contributed by atoms with Crippen LogP contribution in [0.15, 0.2) is 59.6 Å². The zero-order chi connectivity index (χ0) is 24.2. The van der Waals surface area contributed by atoms with E-state index in [2.05, 4.69) is 4.98 Å². The number of Topliss-reactive ketones (excluding diaryl/α,β-unsaturated/α-hetero) is 1. The minimum absolute atomic E-state index is 0.0699. The Hall–Kier alpha value is -3.85. The Morgan fingerprint density at radius 2 is 1.88 bits per heavy atom. The molecule has 1 aliphatic rings. The molecule has 34 heavy (non-hydrogen) atoms. The number of hydrogen-bond acceptors (Lipinski definition) is 8. The van der Waals surface area contributed by atoms with Gasteiger partial charge in [-0.2, -0.15) is 0 Å². The number of aliphatic hydroxyl groups excluding tert-OH is 1. The summed E-state index contributed by atoms with van der Waals surface area (Å²) in [6.45, 7) is 4.66. The lowest BCUT2D eigenvalue weighted by Gasteiger charge is -2.23. The number of carbonyl (C=O) groups excluding carboxylic acids is 2. The van der Waals surface area contributed by atoms with Gasteiger partial charge in [-0.1, -0.05) is 13.0 Å². The Morgan fingerprint density at radius 1 is 1.12 bits per heavy atom. The number of ether oxygens (including phenoxy) is 2. The van der Waals surface area contributed by atoms with Crippen molar-refractivity contribution < 1.29 is 29.3 Å². The van der Waals surface area contributed by atoms with Crippen molar-refractivity contribution in [1.82, 2.24) is 4.98 Å². The lowest BCUT2D eigenvalue weighted by molar-refractivity contribution is -0.132. The number of aliphatic hydroxyl groups is 1. The Kier molecular flexibility index (Phi) is 6.83. The van der Waals surface area contributed by atoms with Gasteiger partial charge in [0.2, 0.25) is 0 Å². The first-order valence-corrected chi connectivity index (χ1v) is 11.7. The molecule has 1 unspecified atom stereocenters. The summed E-state index contributed by atoms with van der Waals surface area (Å²) in [5.74, 6) is -1.15. The number of aromatic nitrogens is 1. The molecule has 1 fully saturated rings. The van der Waals surface area contributed by atoms with Crippen molar-refractivity contribution in [1.29, 1.82) is 0 Å². The Bertz CT molecular complexity index is 1220. The minimum Gasteiger partial charge on any atom is -0.507 e. The molecule has 0 saturated carbocycles. The van der Waals surface area contributed by atoms with Gasteiger partial charge in [-0.05, 0) is 55.3 Å². The largest absolute Gasteiger partial charge is 0.507 e. The van der Waals surface area contributed by atoms with Crippen LogP contribution in [-0.2, 0) is 9.59 Å². The van der Waals surface area contributed by atoms with Crippen molar-refractivity contribution in [2.24, 2.45) is 0 Å². The van der Waals surface area contributed by atoms with Gasteiger partial charge >= 0.3 is 5.91 Å². The monoisotopic (exact) mass is 480 g/mol. The number of carbonyl (C=O) groups is 2. The smallest absolute Gasteiger partial charge is 0.301 e. The number of rotatable bonds is 8. The van der Waals surface area contributed by atoms with Gasteiger partial charge in [0, 0.05) is 17.1 Å². The molecule has 4 rings (SSSR count). The first-order chi connectivity index (χ1) is 16.5. The average Bonchev–Trinajstić information content (AvgIpc) is 3.46. The summed E-state index contributed by atoms with van der Waals surface area (Å²) >= 11 is 1.20. The van der Waals surface area contributed by atoms with E-state index in [0.29, 0.717) is 35.2 Å². The van der Waals surface area contributed by atoms with Crippen LogP contribution in [0.2, 0.25) is 0 Å². The number of aromatic hydroxyl groups is 1. The average molecular weight is 481 g/mol. The zero-order valence-electron chi connectivity index (χ0n) is 18.7. The summed E-state index contributed by atoms with van der Waals surface area (Å²) in [5.41, 5.74) is 0.783. The first-order valence-electron chi connectivity index (χ1n) is 10.9. The van der Waals surface area contributed by atoms with Crippen LogP contribution >= 0.6 is 11.3 Å². The van der Waals surface area contributed by atoms with E-state index >= 15 is 0 Å². The molecule has 8 nitrogen and oxygen atoms in total. The maximum Gasteiger partial charge on any atom is 0.301 e. The molecular formula is C25H24N2O6S. The molecule has 3 aromatic rings. The van der Waals surface area contributed by atoms with Gasteiger partial charge in [0.25, 0.3) is 5.78 Å². The van der Waals surface area contributed by atoms with Crippen LogP contribution in [0.1, 0.15) is 37.4 Å². The third-order valence-electron chi connectivity index (χ3n) is 5.27. The molecule has 1 aromatic heterocycles. The van der Waals surface area contributed by atoms with Crippen LogP contribution in [-0.4, -0.2) is 40.1 Å². The van der Waals surface area contributed by atoms with Crippen molar-refractivity contribution in [2.75, 3.05) is 18.1 Å². The lowest BCUT2D eigenvalue weighted by atomic mass is 9.95. The highest BCUT2D eigenvalue weighted by atomic mass is 32.1. The Labute approximate surface area is 200 Å². The van der Waals surface area contributed by atoms with Gasteiger partial charge in [0.1, 0.15) is 11.5 Å². The number of thiazole rings is 1. The molecule has 2 heterocycles. The standard InChI is InChI=1S/C25H24N2O6S/c1-3-12-33-17-8-5-15(6-9-17)22(29)20-21(16-7-10-18(28)19(14-16)32-4-2)27(24(31)23(20)30)25-26-11-13-34-25/h5-11,13-14,21,28-29H,3-4,12H2,1-2H3. The van der Waals surface area contributed by atoms with Gasteiger partial charge in [0.05, 0.1) is 24.8 Å². The van der Waals surface area contributed by atoms with Crippen LogP contribution in [0.25, 0.3) is 5.76 Å². The quantitative estimate of drug-likeness (QED) is 0.274. The third-order valence-corrected chi connectivity index (χ3v) is 6.04. The second kappa shape index (κ2) is 9.96. The van der Waals surface area contributed by atoms with E-state index in [1.54, 1.807) is 48.7 Å². The summed E-state index contributed by atoms with van der Waals surface area (Å²) in [6, 6.07) is 10.3. The van der Waals surface area contributed by atoms with E-state index in [1.165, 1.54) is 28.5 Å². The van der Waals surface area contributed by atoms with Crippen molar-refractivity contribution in [3.05, 3.63) is 70.7 Å². The van der Waals surface area contributed by atoms with Crippen molar-refractivity contribution in [3.63, 3.8) is 0 Å². The van der Waals surface area contributed by atoms with E-state index in [-0.39, 0.29) is 22.8 Å². The molecule has 1 saturated heterocycles. The number of phenols is 1. The topological polar surface area (TPSA) is 109 Å². The first kappa shape index (κ1) is 23.3.